The predicted molar refractivity (Wildman–Crippen MR) is 71.9 cm³/mol. The van der Waals surface area contributed by atoms with E-state index in [0.29, 0.717) is 17.2 Å². The molecule has 0 aromatic carbocycles. The molecule has 0 aliphatic rings. The van der Waals surface area contributed by atoms with Crippen LogP contribution in [-0.4, -0.2) is 27.0 Å². The maximum absolute atomic E-state index is 11.6. The number of rotatable bonds is 5. The molecule has 18 heavy (non-hydrogen) atoms. The Bertz CT molecular complexity index is 577. The third-order valence-electron chi connectivity index (χ3n) is 2.45. The molecule has 0 fully saturated rings. The van der Waals surface area contributed by atoms with Gasteiger partial charge in [0.2, 0.25) is 5.13 Å². The average molecular weight is 265 g/mol. The Hall–Kier alpha value is -1.76. The molecule has 0 radical (unpaired) electrons. The summed E-state index contributed by atoms with van der Waals surface area (Å²) in [6.45, 7) is 2.72. The van der Waals surface area contributed by atoms with E-state index in [4.69, 9.17) is 0 Å². The van der Waals surface area contributed by atoms with Gasteiger partial charge in [0.15, 0.2) is 5.01 Å². The molecule has 0 saturated carbocycles. The molecule has 7 heteroatoms. The van der Waals surface area contributed by atoms with E-state index in [1.165, 1.54) is 22.1 Å². The summed E-state index contributed by atoms with van der Waals surface area (Å²) in [5.74, 6) is 0. The van der Waals surface area contributed by atoms with E-state index < -0.39 is 0 Å². The Labute approximate surface area is 109 Å². The summed E-state index contributed by atoms with van der Waals surface area (Å²) < 4.78 is 1.49. The fourth-order valence-corrected chi connectivity index (χ4v) is 2.12. The van der Waals surface area contributed by atoms with E-state index in [0.717, 1.165) is 18.0 Å². The summed E-state index contributed by atoms with van der Waals surface area (Å²) in [4.78, 5) is 11.6. The van der Waals surface area contributed by atoms with Crippen molar-refractivity contribution in [2.75, 3.05) is 12.4 Å². The van der Waals surface area contributed by atoms with E-state index in [-0.39, 0.29) is 5.56 Å². The van der Waals surface area contributed by atoms with Crippen LogP contribution in [-0.2, 0) is 6.54 Å². The van der Waals surface area contributed by atoms with Gasteiger partial charge in [-0.05, 0) is 12.5 Å². The Balaban J connectivity index is 2.31. The number of nitrogens with zero attached hydrogens (tertiary/aromatic N) is 4. The largest absolute Gasteiger partial charge is 0.363 e. The lowest BCUT2D eigenvalue weighted by Gasteiger charge is -2.03. The zero-order chi connectivity index (χ0) is 13.0. The van der Waals surface area contributed by atoms with Gasteiger partial charge in [-0.2, -0.15) is 5.10 Å². The number of nitrogens with one attached hydrogen (secondary N) is 1. The van der Waals surface area contributed by atoms with Crippen LogP contribution >= 0.6 is 11.3 Å². The maximum atomic E-state index is 11.6. The second-order valence-corrected chi connectivity index (χ2v) is 4.77. The van der Waals surface area contributed by atoms with Gasteiger partial charge in [0, 0.05) is 19.7 Å². The van der Waals surface area contributed by atoms with Crippen LogP contribution in [0.25, 0.3) is 10.7 Å². The summed E-state index contributed by atoms with van der Waals surface area (Å²) in [5, 5.41) is 16.7. The molecule has 0 aliphatic heterocycles. The zero-order valence-corrected chi connectivity index (χ0v) is 11.2. The summed E-state index contributed by atoms with van der Waals surface area (Å²) in [6.07, 6.45) is 1.97. The molecule has 2 heterocycles. The van der Waals surface area contributed by atoms with Gasteiger partial charge in [0.05, 0.1) is 0 Å². The first-order valence-electron chi connectivity index (χ1n) is 5.84. The van der Waals surface area contributed by atoms with Crippen LogP contribution in [0.4, 0.5) is 5.13 Å². The molecule has 0 atom stereocenters. The van der Waals surface area contributed by atoms with Crippen molar-refractivity contribution in [3.63, 3.8) is 0 Å². The SMILES string of the molecule is CCCCn1nc(-c2nnc(NC)s2)ccc1=O. The van der Waals surface area contributed by atoms with Gasteiger partial charge in [0.1, 0.15) is 5.69 Å². The molecule has 2 aromatic heterocycles. The normalized spacial score (nSPS) is 10.6. The summed E-state index contributed by atoms with van der Waals surface area (Å²) in [7, 11) is 1.79. The Kier molecular flexibility index (Phi) is 4.03. The minimum Gasteiger partial charge on any atom is -0.363 e. The van der Waals surface area contributed by atoms with E-state index in [1.807, 2.05) is 0 Å². The highest BCUT2D eigenvalue weighted by Gasteiger charge is 2.08. The third kappa shape index (κ3) is 2.73. The molecule has 1 N–H and O–H groups in total. The Morgan fingerprint density at radius 2 is 2.22 bits per heavy atom. The van der Waals surface area contributed by atoms with Gasteiger partial charge in [-0.1, -0.05) is 24.7 Å². The van der Waals surface area contributed by atoms with Crippen LogP contribution in [0, 0.1) is 0 Å². The fraction of sp³-hybridized carbons (Fsp3) is 0.455. The molecular formula is C11H15N5OS. The number of hydrogen-bond donors (Lipinski definition) is 1. The highest BCUT2D eigenvalue weighted by molar-refractivity contribution is 7.18. The van der Waals surface area contributed by atoms with E-state index in [9.17, 15) is 4.79 Å². The van der Waals surface area contributed by atoms with Crippen LogP contribution in [0.5, 0.6) is 0 Å². The molecule has 0 spiro atoms. The fourth-order valence-electron chi connectivity index (χ4n) is 1.46. The van der Waals surface area contributed by atoms with Crippen molar-refractivity contribution in [1.29, 1.82) is 0 Å². The second kappa shape index (κ2) is 5.72. The highest BCUT2D eigenvalue weighted by atomic mass is 32.1. The Morgan fingerprint density at radius 1 is 1.39 bits per heavy atom. The first kappa shape index (κ1) is 12.7. The van der Waals surface area contributed by atoms with Gasteiger partial charge in [0.25, 0.3) is 5.56 Å². The second-order valence-electron chi connectivity index (χ2n) is 3.80. The molecule has 2 rings (SSSR count). The van der Waals surface area contributed by atoms with Crippen molar-refractivity contribution in [2.24, 2.45) is 0 Å². The standard InChI is InChI=1S/C11H15N5OS/c1-3-4-7-16-9(17)6-5-8(15-16)10-13-14-11(12-2)18-10/h5-6H,3-4,7H2,1-2H3,(H,12,14). The maximum Gasteiger partial charge on any atom is 0.266 e. The molecule has 0 bridgehead atoms. The number of hydrogen-bond acceptors (Lipinski definition) is 6. The van der Waals surface area contributed by atoms with E-state index >= 15 is 0 Å². The van der Waals surface area contributed by atoms with Crippen LogP contribution in [0.3, 0.4) is 0 Å². The number of anilines is 1. The van der Waals surface area contributed by atoms with Gasteiger partial charge in [-0.3, -0.25) is 4.79 Å². The lowest BCUT2D eigenvalue weighted by atomic mass is 10.3. The number of aryl methyl sites for hydroxylation is 1. The molecular weight excluding hydrogens is 250 g/mol. The molecule has 0 unspecified atom stereocenters. The molecule has 0 aliphatic carbocycles. The molecule has 6 nitrogen and oxygen atoms in total. The van der Waals surface area contributed by atoms with Crippen LogP contribution < -0.4 is 10.9 Å². The summed E-state index contributed by atoms with van der Waals surface area (Å²) in [5.41, 5.74) is 0.607. The molecule has 0 saturated heterocycles. The summed E-state index contributed by atoms with van der Waals surface area (Å²) >= 11 is 1.41. The van der Waals surface area contributed by atoms with Crippen molar-refractivity contribution >= 4 is 16.5 Å². The van der Waals surface area contributed by atoms with Gasteiger partial charge in [-0.25, -0.2) is 4.68 Å². The van der Waals surface area contributed by atoms with Crippen LogP contribution in [0.1, 0.15) is 19.8 Å². The predicted octanol–water partition coefficient (Wildman–Crippen LogP) is 1.60. The average Bonchev–Trinajstić information content (AvgIpc) is 2.86. The first-order chi connectivity index (χ1) is 8.74. The van der Waals surface area contributed by atoms with Crippen molar-refractivity contribution in [2.45, 2.75) is 26.3 Å². The monoisotopic (exact) mass is 265 g/mol. The van der Waals surface area contributed by atoms with Crippen molar-refractivity contribution in [1.82, 2.24) is 20.0 Å². The first-order valence-corrected chi connectivity index (χ1v) is 6.66. The molecule has 0 amide bonds. The minimum absolute atomic E-state index is 0.0782. The van der Waals surface area contributed by atoms with Gasteiger partial charge in [-0.15, -0.1) is 10.2 Å². The topological polar surface area (TPSA) is 72.7 Å². The smallest absolute Gasteiger partial charge is 0.266 e. The summed E-state index contributed by atoms with van der Waals surface area (Å²) in [6, 6.07) is 3.21. The van der Waals surface area contributed by atoms with Gasteiger partial charge < -0.3 is 5.32 Å². The lowest BCUT2D eigenvalue weighted by molar-refractivity contribution is 0.545. The van der Waals surface area contributed by atoms with E-state index in [1.54, 1.807) is 13.1 Å². The quantitative estimate of drug-likeness (QED) is 0.889. The van der Waals surface area contributed by atoms with Crippen LogP contribution in [0.2, 0.25) is 0 Å². The number of aromatic nitrogens is 4. The number of unbranched alkanes of at least 4 members (excludes halogenated alkanes) is 1. The molecule has 96 valence electrons. The zero-order valence-electron chi connectivity index (χ0n) is 10.4. The van der Waals surface area contributed by atoms with Crippen molar-refractivity contribution in [3.8, 4) is 10.7 Å². The van der Waals surface area contributed by atoms with Crippen molar-refractivity contribution in [3.05, 3.63) is 22.5 Å². The minimum atomic E-state index is -0.0782. The third-order valence-corrected chi connectivity index (χ3v) is 3.41. The van der Waals surface area contributed by atoms with E-state index in [2.05, 4.69) is 27.5 Å². The van der Waals surface area contributed by atoms with Crippen LogP contribution in [0.15, 0.2) is 16.9 Å². The lowest BCUT2D eigenvalue weighted by Crippen LogP contribution is -2.22. The van der Waals surface area contributed by atoms with Crippen molar-refractivity contribution < 1.29 is 0 Å². The van der Waals surface area contributed by atoms with Gasteiger partial charge >= 0.3 is 0 Å². The molecule has 2 aromatic rings. The highest BCUT2D eigenvalue weighted by Crippen LogP contribution is 2.23. The Morgan fingerprint density at radius 3 is 2.89 bits per heavy atom.